The maximum Gasteiger partial charge on any atom is 0.329 e. The fourth-order valence-corrected chi connectivity index (χ4v) is 2.28. The molecule has 136 valence electrons. The number of rotatable bonds is 5. The number of nitrogens with one attached hydrogen (secondary N) is 2. The number of aryl methyl sites for hydroxylation is 2. The number of ether oxygens (including phenoxy) is 2. The topological polar surface area (TPSA) is 89.0 Å². The Morgan fingerprint density at radius 3 is 2.42 bits per heavy atom. The van der Waals surface area contributed by atoms with Gasteiger partial charge in [-0.15, -0.1) is 0 Å². The number of benzene rings is 2. The third-order valence-electron chi connectivity index (χ3n) is 3.64. The van der Waals surface area contributed by atoms with Gasteiger partial charge in [0.1, 0.15) is 11.5 Å². The van der Waals surface area contributed by atoms with Gasteiger partial charge in [0.15, 0.2) is 0 Å². The molecule has 7 heteroatoms. The van der Waals surface area contributed by atoms with E-state index < -0.39 is 11.8 Å². The molecule has 2 N–H and O–H groups in total. The average molecular weight is 355 g/mol. The summed E-state index contributed by atoms with van der Waals surface area (Å²) in [6.45, 7) is 3.81. The van der Waals surface area contributed by atoms with Crippen LogP contribution in [-0.2, 0) is 9.59 Å². The lowest BCUT2D eigenvalue weighted by Gasteiger charge is -2.08. The maximum atomic E-state index is 12.0. The summed E-state index contributed by atoms with van der Waals surface area (Å²) in [5, 5.41) is 6.36. The van der Waals surface area contributed by atoms with Gasteiger partial charge in [-0.25, -0.2) is 5.43 Å². The summed E-state index contributed by atoms with van der Waals surface area (Å²) >= 11 is 0. The molecule has 0 atom stereocenters. The Labute approximate surface area is 152 Å². The lowest BCUT2D eigenvalue weighted by atomic mass is 10.1. The first-order chi connectivity index (χ1) is 12.4. The van der Waals surface area contributed by atoms with Crippen LogP contribution >= 0.6 is 0 Å². The van der Waals surface area contributed by atoms with Crippen LogP contribution in [0.4, 0.5) is 5.69 Å². The van der Waals surface area contributed by atoms with Gasteiger partial charge in [-0.3, -0.25) is 9.59 Å². The molecule has 0 aliphatic carbocycles. The van der Waals surface area contributed by atoms with Gasteiger partial charge in [0.05, 0.1) is 20.4 Å². The predicted octanol–water partition coefficient (Wildman–Crippen LogP) is 2.41. The highest BCUT2D eigenvalue weighted by atomic mass is 16.5. The van der Waals surface area contributed by atoms with Crippen molar-refractivity contribution < 1.29 is 19.1 Å². The SMILES string of the molecule is COc1ccc(OC)c(C=NNC(=O)C(=O)Nc2ccc(C)cc2C)c1. The Bertz CT molecular complexity index is 847. The highest BCUT2D eigenvalue weighted by molar-refractivity contribution is 6.39. The van der Waals surface area contributed by atoms with Crippen LogP contribution in [0.15, 0.2) is 41.5 Å². The molecule has 0 aliphatic rings. The van der Waals surface area contributed by atoms with E-state index in [1.165, 1.54) is 13.3 Å². The summed E-state index contributed by atoms with van der Waals surface area (Å²) in [4.78, 5) is 23.9. The Morgan fingerprint density at radius 1 is 1.00 bits per heavy atom. The average Bonchev–Trinajstić information content (AvgIpc) is 2.63. The zero-order valence-electron chi connectivity index (χ0n) is 15.1. The monoisotopic (exact) mass is 355 g/mol. The lowest BCUT2D eigenvalue weighted by molar-refractivity contribution is -0.136. The molecule has 2 amide bonds. The summed E-state index contributed by atoms with van der Waals surface area (Å²) in [5.74, 6) is -0.496. The van der Waals surface area contributed by atoms with Crippen LogP contribution < -0.4 is 20.2 Å². The summed E-state index contributed by atoms with van der Waals surface area (Å²) in [6.07, 6.45) is 1.38. The van der Waals surface area contributed by atoms with Gasteiger partial charge < -0.3 is 14.8 Å². The van der Waals surface area contributed by atoms with Crippen LogP contribution in [0.1, 0.15) is 16.7 Å². The van der Waals surface area contributed by atoms with Crippen LogP contribution in [0.25, 0.3) is 0 Å². The van der Waals surface area contributed by atoms with Crippen molar-refractivity contribution in [2.24, 2.45) is 5.10 Å². The van der Waals surface area contributed by atoms with Gasteiger partial charge in [0.25, 0.3) is 0 Å². The van der Waals surface area contributed by atoms with Gasteiger partial charge in [0, 0.05) is 11.3 Å². The molecule has 2 rings (SSSR count). The minimum absolute atomic E-state index is 0.559. The number of hydrogen-bond acceptors (Lipinski definition) is 5. The number of amides is 2. The van der Waals surface area contributed by atoms with Crippen LogP contribution in [0, 0.1) is 13.8 Å². The van der Waals surface area contributed by atoms with Crippen LogP contribution in [0.2, 0.25) is 0 Å². The highest BCUT2D eigenvalue weighted by Crippen LogP contribution is 2.22. The first-order valence-electron chi connectivity index (χ1n) is 7.88. The van der Waals surface area contributed by atoms with E-state index in [1.54, 1.807) is 31.4 Å². The van der Waals surface area contributed by atoms with E-state index in [9.17, 15) is 9.59 Å². The second-order valence-electron chi connectivity index (χ2n) is 5.58. The second kappa shape index (κ2) is 8.66. The molecular weight excluding hydrogens is 334 g/mol. The number of anilines is 1. The van der Waals surface area contributed by atoms with Gasteiger partial charge in [0.2, 0.25) is 0 Å². The van der Waals surface area contributed by atoms with E-state index in [0.717, 1.165) is 11.1 Å². The molecule has 2 aromatic rings. The first kappa shape index (κ1) is 19.0. The molecule has 0 aliphatic heterocycles. The molecule has 0 radical (unpaired) electrons. The number of nitrogens with zero attached hydrogens (tertiary/aromatic N) is 1. The number of methoxy groups -OCH3 is 2. The van der Waals surface area contributed by atoms with Crippen LogP contribution in [-0.4, -0.2) is 32.2 Å². The van der Waals surface area contributed by atoms with Crippen molar-refractivity contribution in [3.63, 3.8) is 0 Å². The van der Waals surface area contributed by atoms with E-state index in [-0.39, 0.29) is 0 Å². The molecule has 0 heterocycles. The summed E-state index contributed by atoms with van der Waals surface area (Å²) in [7, 11) is 3.07. The molecule has 0 saturated heterocycles. The highest BCUT2D eigenvalue weighted by Gasteiger charge is 2.14. The summed E-state index contributed by atoms with van der Waals surface area (Å²) < 4.78 is 10.4. The second-order valence-corrected chi connectivity index (χ2v) is 5.58. The minimum Gasteiger partial charge on any atom is -0.497 e. The minimum atomic E-state index is -0.872. The molecule has 2 aromatic carbocycles. The van der Waals surface area contributed by atoms with Crippen molar-refractivity contribution in [2.75, 3.05) is 19.5 Å². The third kappa shape index (κ3) is 4.83. The van der Waals surface area contributed by atoms with Crippen LogP contribution in [0.3, 0.4) is 0 Å². The molecular formula is C19H21N3O4. The zero-order valence-corrected chi connectivity index (χ0v) is 15.1. The van der Waals surface area contributed by atoms with Crippen molar-refractivity contribution in [2.45, 2.75) is 13.8 Å². The molecule has 26 heavy (non-hydrogen) atoms. The molecule has 0 unspecified atom stereocenters. The van der Waals surface area contributed by atoms with Gasteiger partial charge in [-0.05, 0) is 43.7 Å². The zero-order chi connectivity index (χ0) is 19.1. The van der Waals surface area contributed by atoms with E-state index >= 15 is 0 Å². The molecule has 7 nitrogen and oxygen atoms in total. The molecule has 0 fully saturated rings. The number of carbonyl (C=O) groups is 2. The van der Waals surface area contributed by atoms with Crippen molar-refractivity contribution in [3.05, 3.63) is 53.1 Å². The number of hydrogen-bond donors (Lipinski definition) is 2. The fourth-order valence-electron chi connectivity index (χ4n) is 2.28. The largest absolute Gasteiger partial charge is 0.497 e. The molecule has 0 aromatic heterocycles. The van der Waals surface area contributed by atoms with E-state index in [4.69, 9.17) is 9.47 Å². The normalized spacial score (nSPS) is 10.5. The standard InChI is InChI=1S/C19H21N3O4/c1-12-5-7-16(13(2)9-12)21-18(23)19(24)22-20-11-14-10-15(25-3)6-8-17(14)26-4/h5-11H,1-4H3,(H,21,23)(H,22,24). The number of hydrazone groups is 1. The maximum absolute atomic E-state index is 12.0. The van der Waals surface area contributed by atoms with Gasteiger partial charge in [-0.2, -0.15) is 5.10 Å². The lowest BCUT2D eigenvalue weighted by Crippen LogP contribution is -2.32. The Balaban J connectivity index is 2.01. The molecule has 0 spiro atoms. The van der Waals surface area contributed by atoms with Crippen molar-refractivity contribution in [1.82, 2.24) is 5.43 Å². The Morgan fingerprint density at radius 2 is 1.77 bits per heavy atom. The predicted molar refractivity (Wildman–Crippen MR) is 99.8 cm³/mol. The van der Waals surface area contributed by atoms with Crippen molar-refractivity contribution >= 4 is 23.7 Å². The van der Waals surface area contributed by atoms with Crippen molar-refractivity contribution in [1.29, 1.82) is 0 Å². The van der Waals surface area contributed by atoms with E-state index in [2.05, 4.69) is 15.8 Å². The molecule has 0 bridgehead atoms. The van der Waals surface area contributed by atoms with Gasteiger partial charge >= 0.3 is 11.8 Å². The Hall–Kier alpha value is -3.35. The van der Waals surface area contributed by atoms with Crippen LogP contribution in [0.5, 0.6) is 11.5 Å². The fraction of sp³-hybridized carbons (Fsp3) is 0.211. The summed E-state index contributed by atoms with van der Waals surface area (Å²) in [6, 6.07) is 10.7. The quantitative estimate of drug-likeness (QED) is 0.490. The summed E-state index contributed by atoms with van der Waals surface area (Å²) in [5.41, 5.74) is 5.31. The van der Waals surface area contributed by atoms with Crippen molar-refractivity contribution in [3.8, 4) is 11.5 Å². The third-order valence-corrected chi connectivity index (χ3v) is 3.64. The van der Waals surface area contributed by atoms with Gasteiger partial charge in [-0.1, -0.05) is 17.7 Å². The smallest absolute Gasteiger partial charge is 0.329 e. The molecule has 0 saturated carbocycles. The van der Waals surface area contributed by atoms with E-state index in [1.807, 2.05) is 26.0 Å². The first-order valence-corrected chi connectivity index (χ1v) is 7.88. The number of carbonyl (C=O) groups excluding carboxylic acids is 2. The Kier molecular flexibility index (Phi) is 6.32. The van der Waals surface area contributed by atoms with E-state index in [0.29, 0.717) is 22.7 Å².